The predicted molar refractivity (Wildman–Crippen MR) is 78.3 cm³/mol. The Balaban J connectivity index is 2.10. The number of amides is 1. The van der Waals surface area contributed by atoms with Gasteiger partial charge in [0.1, 0.15) is 6.10 Å². The molecule has 0 spiro atoms. The normalized spacial score (nSPS) is 12.8. The Labute approximate surface area is 115 Å². The van der Waals surface area contributed by atoms with Gasteiger partial charge < -0.3 is 10.5 Å². The minimum atomic E-state index is -0.503. The van der Waals surface area contributed by atoms with Gasteiger partial charge in [-0.3, -0.25) is 10.1 Å². The van der Waals surface area contributed by atoms with Crippen molar-refractivity contribution < 1.29 is 9.53 Å². The maximum Gasteiger partial charge on any atom is 0.255 e. The summed E-state index contributed by atoms with van der Waals surface area (Å²) in [4.78, 5) is 16.2. The molecule has 0 bridgehead atoms. The minimum Gasteiger partial charge on any atom is -0.399 e. The second-order valence-electron chi connectivity index (χ2n) is 4.56. The van der Waals surface area contributed by atoms with Crippen LogP contribution in [0.25, 0.3) is 10.2 Å². The molecule has 1 unspecified atom stereocenters. The van der Waals surface area contributed by atoms with Gasteiger partial charge in [0.2, 0.25) is 0 Å². The highest BCUT2D eigenvalue weighted by atomic mass is 32.1. The van der Waals surface area contributed by atoms with Gasteiger partial charge in [-0.15, -0.1) is 0 Å². The zero-order valence-corrected chi connectivity index (χ0v) is 12.0. The van der Waals surface area contributed by atoms with Crippen molar-refractivity contribution in [1.82, 2.24) is 4.98 Å². The second kappa shape index (κ2) is 5.54. The molecule has 6 heteroatoms. The van der Waals surface area contributed by atoms with Gasteiger partial charge in [0.15, 0.2) is 5.13 Å². The summed E-state index contributed by atoms with van der Waals surface area (Å²) in [5, 5.41) is 3.32. The van der Waals surface area contributed by atoms with Crippen molar-refractivity contribution >= 4 is 38.3 Å². The zero-order valence-electron chi connectivity index (χ0n) is 11.1. The van der Waals surface area contributed by atoms with E-state index in [0.717, 1.165) is 10.2 Å². The van der Waals surface area contributed by atoms with Gasteiger partial charge in [0.05, 0.1) is 16.3 Å². The number of rotatable bonds is 4. The third kappa shape index (κ3) is 3.42. The van der Waals surface area contributed by atoms with Crippen molar-refractivity contribution in [1.29, 1.82) is 0 Å². The number of thiazole rings is 1. The van der Waals surface area contributed by atoms with Crippen LogP contribution in [0.15, 0.2) is 18.2 Å². The van der Waals surface area contributed by atoms with Gasteiger partial charge in [-0.25, -0.2) is 4.98 Å². The largest absolute Gasteiger partial charge is 0.399 e. The number of fused-ring (bicyclic) bond motifs is 1. The Hall–Kier alpha value is -1.66. The van der Waals surface area contributed by atoms with Crippen LogP contribution in [0.3, 0.4) is 0 Å². The first-order valence-corrected chi connectivity index (χ1v) is 6.89. The number of benzene rings is 1. The second-order valence-corrected chi connectivity index (χ2v) is 5.59. The SMILES string of the molecule is CC(C)OC(C)C(=O)Nc1nc2ccc(N)cc2s1. The van der Waals surface area contributed by atoms with Crippen molar-refractivity contribution in [2.75, 3.05) is 11.1 Å². The van der Waals surface area contributed by atoms with Crippen molar-refractivity contribution in [3.8, 4) is 0 Å². The molecule has 2 rings (SSSR count). The van der Waals surface area contributed by atoms with Gasteiger partial charge in [0, 0.05) is 5.69 Å². The van der Waals surface area contributed by atoms with Crippen LogP contribution in [-0.2, 0) is 9.53 Å². The quantitative estimate of drug-likeness (QED) is 0.843. The smallest absolute Gasteiger partial charge is 0.255 e. The number of carbonyl (C=O) groups excluding carboxylic acids is 1. The molecule has 0 aliphatic rings. The molecule has 102 valence electrons. The minimum absolute atomic E-state index is 0.0101. The Morgan fingerprint density at radius 1 is 1.42 bits per heavy atom. The molecule has 19 heavy (non-hydrogen) atoms. The maximum atomic E-state index is 11.9. The highest BCUT2D eigenvalue weighted by Crippen LogP contribution is 2.27. The van der Waals surface area contributed by atoms with Crippen molar-refractivity contribution in [2.45, 2.75) is 33.0 Å². The molecular weight excluding hydrogens is 262 g/mol. The Morgan fingerprint density at radius 3 is 2.84 bits per heavy atom. The number of nitrogens with zero attached hydrogens (tertiary/aromatic N) is 1. The van der Waals surface area contributed by atoms with Gasteiger partial charge in [0.25, 0.3) is 5.91 Å². The lowest BCUT2D eigenvalue weighted by atomic mass is 10.3. The summed E-state index contributed by atoms with van der Waals surface area (Å²) in [6.07, 6.45) is -0.493. The zero-order chi connectivity index (χ0) is 14.0. The number of ether oxygens (including phenoxy) is 1. The lowest BCUT2D eigenvalue weighted by molar-refractivity contribution is -0.128. The monoisotopic (exact) mass is 279 g/mol. The number of nitrogens with one attached hydrogen (secondary N) is 1. The molecule has 0 aliphatic heterocycles. The van der Waals surface area contributed by atoms with Crippen LogP contribution in [0.1, 0.15) is 20.8 Å². The van der Waals surface area contributed by atoms with Gasteiger partial charge in [-0.2, -0.15) is 0 Å². The van der Waals surface area contributed by atoms with Crippen LogP contribution in [0.2, 0.25) is 0 Å². The van der Waals surface area contributed by atoms with E-state index in [1.165, 1.54) is 11.3 Å². The molecule has 3 N–H and O–H groups in total. The van der Waals surface area contributed by atoms with Gasteiger partial charge in [-0.05, 0) is 39.0 Å². The van der Waals surface area contributed by atoms with E-state index < -0.39 is 6.10 Å². The van der Waals surface area contributed by atoms with E-state index in [1.54, 1.807) is 13.0 Å². The molecule has 1 aromatic carbocycles. The Morgan fingerprint density at radius 2 is 2.16 bits per heavy atom. The lowest BCUT2D eigenvalue weighted by Gasteiger charge is -2.14. The summed E-state index contributed by atoms with van der Waals surface area (Å²) in [6, 6.07) is 5.47. The molecule has 1 amide bonds. The van der Waals surface area contributed by atoms with Crippen LogP contribution in [0.5, 0.6) is 0 Å². The highest BCUT2D eigenvalue weighted by molar-refractivity contribution is 7.22. The van der Waals surface area contributed by atoms with Crippen LogP contribution in [0.4, 0.5) is 10.8 Å². The van der Waals surface area contributed by atoms with Gasteiger partial charge in [-0.1, -0.05) is 11.3 Å². The molecule has 1 atom stereocenters. The first kappa shape index (κ1) is 13.8. The van der Waals surface area contributed by atoms with Crippen LogP contribution < -0.4 is 11.1 Å². The first-order valence-electron chi connectivity index (χ1n) is 6.08. The van der Waals surface area contributed by atoms with E-state index in [4.69, 9.17) is 10.5 Å². The fourth-order valence-electron chi connectivity index (χ4n) is 1.67. The lowest BCUT2D eigenvalue weighted by Crippen LogP contribution is -2.29. The topological polar surface area (TPSA) is 77.2 Å². The molecule has 1 aromatic heterocycles. The molecule has 2 aromatic rings. The summed E-state index contributed by atoms with van der Waals surface area (Å²) in [6.45, 7) is 5.51. The fourth-order valence-corrected chi connectivity index (χ4v) is 2.59. The van der Waals surface area contributed by atoms with E-state index in [2.05, 4.69) is 10.3 Å². The Kier molecular flexibility index (Phi) is 4.01. The van der Waals surface area contributed by atoms with E-state index in [0.29, 0.717) is 10.8 Å². The predicted octanol–water partition coefficient (Wildman–Crippen LogP) is 2.63. The van der Waals surface area contributed by atoms with Crippen molar-refractivity contribution in [2.24, 2.45) is 0 Å². The number of nitrogens with two attached hydrogens (primary N) is 1. The summed E-state index contributed by atoms with van der Waals surface area (Å²) >= 11 is 1.40. The standard InChI is InChI=1S/C13H17N3O2S/c1-7(2)18-8(3)12(17)16-13-15-10-5-4-9(14)6-11(10)19-13/h4-8H,14H2,1-3H3,(H,15,16,17). The Bertz CT molecular complexity index is 595. The number of aromatic nitrogens is 1. The summed E-state index contributed by atoms with van der Waals surface area (Å²) in [5.41, 5.74) is 7.22. The van der Waals surface area contributed by atoms with E-state index in [1.807, 2.05) is 26.0 Å². The first-order chi connectivity index (χ1) is 8.95. The fraction of sp³-hybridized carbons (Fsp3) is 0.385. The third-order valence-corrected chi connectivity index (χ3v) is 3.42. The molecule has 1 heterocycles. The molecule has 0 aliphatic carbocycles. The van der Waals surface area contributed by atoms with Crippen molar-refractivity contribution in [3.63, 3.8) is 0 Å². The maximum absolute atomic E-state index is 11.9. The van der Waals surface area contributed by atoms with E-state index >= 15 is 0 Å². The summed E-state index contributed by atoms with van der Waals surface area (Å²) in [7, 11) is 0. The van der Waals surface area contributed by atoms with E-state index in [-0.39, 0.29) is 12.0 Å². The summed E-state index contributed by atoms with van der Waals surface area (Å²) < 4.78 is 6.37. The molecule has 5 nitrogen and oxygen atoms in total. The molecule has 0 fully saturated rings. The number of carbonyl (C=O) groups is 1. The molecule has 0 saturated heterocycles. The van der Waals surface area contributed by atoms with Crippen LogP contribution in [-0.4, -0.2) is 23.1 Å². The molecule has 0 radical (unpaired) electrons. The third-order valence-electron chi connectivity index (χ3n) is 2.49. The van der Waals surface area contributed by atoms with E-state index in [9.17, 15) is 4.79 Å². The average Bonchev–Trinajstić information content (AvgIpc) is 2.69. The summed E-state index contributed by atoms with van der Waals surface area (Å²) in [5.74, 6) is -0.194. The average molecular weight is 279 g/mol. The van der Waals surface area contributed by atoms with Crippen LogP contribution in [0, 0.1) is 0 Å². The molecular formula is C13H17N3O2S. The highest BCUT2D eigenvalue weighted by Gasteiger charge is 2.16. The molecule has 0 saturated carbocycles. The number of nitrogen functional groups attached to an aromatic ring is 1. The number of anilines is 2. The van der Waals surface area contributed by atoms with Crippen LogP contribution >= 0.6 is 11.3 Å². The van der Waals surface area contributed by atoms with Gasteiger partial charge >= 0.3 is 0 Å². The number of hydrogen-bond acceptors (Lipinski definition) is 5. The van der Waals surface area contributed by atoms with Crippen molar-refractivity contribution in [3.05, 3.63) is 18.2 Å². The number of hydrogen-bond donors (Lipinski definition) is 2.